The number of aryl methyl sites for hydroxylation is 1. The number of hydrogen-bond donors (Lipinski definition) is 0. The normalized spacial score (nSPS) is 16.7. The van der Waals surface area contributed by atoms with Crippen molar-refractivity contribution >= 4 is 5.95 Å². The number of pyridine rings is 1. The van der Waals surface area contributed by atoms with E-state index in [-0.39, 0.29) is 11.4 Å². The maximum absolute atomic E-state index is 13.5. The minimum atomic E-state index is -0.290. The Morgan fingerprint density at radius 3 is 2.77 bits per heavy atom. The third-order valence-corrected chi connectivity index (χ3v) is 5.61. The average Bonchev–Trinajstić information content (AvgIpc) is 3.15. The lowest BCUT2D eigenvalue weighted by Gasteiger charge is -2.51. The second-order valence-electron chi connectivity index (χ2n) is 7.64. The number of rotatable bonds is 5. The molecule has 1 spiro atoms. The quantitative estimate of drug-likeness (QED) is 0.639. The van der Waals surface area contributed by atoms with Crippen molar-refractivity contribution in [2.45, 2.75) is 25.0 Å². The molecule has 0 saturated carbocycles. The van der Waals surface area contributed by atoms with Crippen LogP contribution in [0.4, 0.5) is 10.3 Å². The Hall–Kier alpha value is -3.20. The van der Waals surface area contributed by atoms with Crippen LogP contribution >= 0.6 is 0 Å². The van der Waals surface area contributed by atoms with Crippen molar-refractivity contribution < 1.29 is 18.6 Å². The van der Waals surface area contributed by atoms with Crippen molar-refractivity contribution in [3.63, 3.8) is 0 Å². The maximum atomic E-state index is 13.5. The van der Waals surface area contributed by atoms with E-state index in [4.69, 9.17) is 14.2 Å². The standard InChI is InChI=1S/C21H22FN5O3/c1-28-11-18-24-25-20(27(18)16-4-6-19(29-2)23-10-16)26-12-21(13-26)8-7-14-9-15(22)3-5-17(14)30-21/h3-6,9-10H,7-8,11-13H2,1-2H3. The highest BCUT2D eigenvalue weighted by molar-refractivity contribution is 5.48. The van der Waals surface area contributed by atoms with Crippen LogP contribution in [-0.4, -0.2) is 52.7 Å². The van der Waals surface area contributed by atoms with E-state index < -0.39 is 0 Å². The first-order valence-electron chi connectivity index (χ1n) is 9.77. The lowest BCUT2D eigenvalue weighted by Crippen LogP contribution is -2.66. The third kappa shape index (κ3) is 3.15. The van der Waals surface area contributed by atoms with Crippen molar-refractivity contribution in [2.75, 3.05) is 32.2 Å². The molecule has 0 bridgehead atoms. The van der Waals surface area contributed by atoms with Crippen LogP contribution < -0.4 is 14.4 Å². The lowest BCUT2D eigenvalue weighted by molar-refractivity contribution is 0.0173. The molecule has 0 atom stereocenters. The summed E-state index contributed by atoms with van der Waals surface area (Å²) in [6.07, 6.45) is 3.36. The summed E-state index contributed by atoms with van der Waals surface area (Å²) in [7, 11) is 3.21. The van der Waals surface area contributed by atoms with E-state index in [1.54, 1.807) is 38.6 Å². The number of aromatic nitrogens is 4. The van der Waals surface area contributed by atoms with Gasteiger partial charge in [-0.3, -0.25) is 4.57 Å². The number of ether oxygens (including phenoxy) is 3. The van der Waals surface area contributed by atoms with Crippen LogP contribution in [0.1, 0.15) is 17.8 Å². The summed E-state index contributed by atoms with van der Waals surface area (Å²) < 4.78 is 32.1. The predicted octanol–water partition coefficient (Wildman–Crippen LogP) is 2.54. The molecule has 2 aliphatic rings. The van der Waals surface area contributed by atoms with E-state index in [1.807, 2.05) is 10.6 Å². The lowest BCUT2D eigenvalue weighted by atomic mass is 9.84. The van der Waals surface area contributed by atoms with Gasteiger partial charge in [-0.1, -0.05) is 0 Å². The molecule has 0 radical (unpaired) electrons. The summed E-state index contributed by atoms with van der Waals surface area (Å²) in [4.78, 5) is 6.43. The van der Waals surface area contributed by atoms with Gasteiger partial charge in [-0.25, -0.2) is 9.37 Å². The summed E-state index contributed by atoms with van der Waals surface area (Å²) in [5.41, 5.74) is 1.46. The SMILES string of the molecule is COCc1nnc(N2CC3(CCc4cc(F)ccc4O3)C2)n1-c1ccc(OC)nc1. The van der Waals surface area contributed by atoms with Gasteiger partial charge in [-0.2, -0.15) is 0 Å². The molecular weight excluding hydrogens is 389 g/mol. The van der Waals surface area contributed by atoms with Crippen LogP contribution in [0.5, 0.6) is 11.6 Å². The predicted molar refractivity (Wildman–Crippen MR) is 107 cm³/mol. The van der Waals surface area contributed by atoms with Gasteiger partial charge in [-0.05, 0) is 42.7 Å². The van der Waals surface area contributed by atoms with Crippen LogP contribution in [0.25, 0.3) is 5.69 Å². The number of fused-ring (bicyclic) bond motifs is 1. The smallest absolute Gasteiger partial charge is 0.232 e. The molecule has 3 aromatic rings. The molecule has 0 N–H and O–H groups in total. The minimum Gasteiger partial charge on any atom is -0.483 e. The zero-order chi connectivity index (χ0) is 20.7. The van der Waals surface area contributed by atoms with Gasteiger partial charge in [0.2, 0.25) is 11.8 Å². The summed E-state index contributed by atoms with van der Waals surface area (Å²) in [5, 5.41) is 8.72. The van der Waals surface area contributed by atoms with Crippen molar-refractivity contribution in [3.05, 3.63) is 53.7 Å². The van der Waals surface area contributed by atoms with Gasteiger partial charge >= 0.3 is 0 Å². The van der Waals surface area contributed by atoms with E-state index in [2.05, 4.69) is 20.1 Å². The Bertz CT molecular complexity index is 1060. The molecular formula is C21H22FN5O3. The Balaban J connectivity index is 1.40. The van der Waals surface area contributed by atoms with Crippen LogP contribution in [0.15, 0.2) is 36.5 Å². The molecule has 9 heteroatoms. The van der Waals surface area contributed by atoms with Crippen LogP contribution in [-0.2, 0) is 17.8 Å². The van der Waals surface area contributed by atoms with Crippen molar-refractivity contribution in [1.29, 1.82) is 0 Å². The Morgan fingerprint density at radius 1 is 1.17 bits per heavy atom. The molecule has 30 heavy (non-hydrogen) atoms. The van der Waals surface area contributed by atoms with Crippen LogP contribution in [0.2, 0.25) is 0 Å². The van der Waals surface area contributed by atoms with E-state index in [1.165, 1.54) is 6.07 Å². The summed E-state index contributed by atoms with van der Waals surface area (Å²) >= 11 is 0. The first kappa shape index (κ1) is 18.8. The number of hydrogen-bond acceptors (Lipinski definition) is 7. The highest BCUT2D eigenvalue weighted by Crippen LogP contribution is 2.40. The number of benzene rings is 1. The van der Waals surface area contributed by atoms with E-state index in [0.29, 0.717) is 37.3 Å². The molecule has 4 heterocycles. The fourth-order valence-electron chi connectivity index (χ4n) is 4.13. The fraction of sp³-hybridized carbons (Fsp3) is 0.381. The van der Waals surface area contributed by atoms with Crippen molar-refractivity contribution in [2.24, 2.45) is 0 Å². The highest BCUT2D eigenvalue weighted by atomic mass is 19.1. The van der Waals surface area contributed by atoms with Crippen molar-refractivity contribution in [1.82, 2.24) is 19.7 Å². The minimum absolute atomic E-state index is 0.226. The fourth-order valence-corrected chi connectivity index (χ4v) is 4.13. The number of halogens is 1. The molecule has 1 aromatic carbocycles. The molecule has 2 aliphatic heterocycles. The zero-order valence-corrected chi connectivity index (χ0v) is 16.8. The Labute approximate surface area is 173 Å². The third-order valence-electron chi connectivity index (χ3n) is 5.61. The molecule has 8 nitrogen and oxygen atoms in total. The number of anilines is 1. The largest absolute Gasteiger partial charge is 0.483 e. The van der Waals surface area contributed by atoms with Gasteiger partial charge in [0.05, 0.1) is 32.1 Å². The molecule has 0 unspecified atom stereocenters. The monoisotopic (exact) mass is 411 g/mol. The van der Waals surface area contributed by atoms with Gasteiger partial charge in [0, 0.05) is 13.2 Å². The molecule has 2 aromatic heterocycles. The maximum Gasteiger partial charge on any atom is 0.232 e. The van der Waals surface area contributed by atoms with Gasteiger partial charge in [0.15, 0.2) is 5.82 Å². The van der Waals surface area contributed by atoms with Gasteiger partial charge in [-0.15, -0.1) is 10.2 Å². The molecule has 0 amide bonds. The summed E-state index contributed by atoms with van der Waals surface area (Å²) in [6, 6.07) is 8.43. The summed E-state index contributed by atoms with van der Waals surface area (Å²) in [5.74, 6) is 2.48. The van der Waals surface area contributed by atoms with Gasteiger partial charge < -0.3 is 19.1 Å². The van der Waals surface area contributed by atoms with E-state index in [9.17, 15) is 4.39 Å². The molecule has 1 saturated heterocycles. The van der Waals surface area contributed by atoms with E-state index in [0.717, 1.165) is 29.8 Å². The molecule has 0 aliphatic carbocycles. The zero-order valence-electron chi connectivity index (χ0n) is 16.8. The summed E-state index contributed by atoms with van der Waals surface area (Å²) in [6.45, 7) is 1.69. The first-order chi connectivity index (χ1) is 14.6. The number of nitrogens with zero attached hydrogens (tertiary/aromatic N) is 5. The molecule has 156 valence electrons. The van der Waals surface area contributed by atoms with Crippen molar-refractivity contribution in [3.8, 4) is 17.3 Å². The first-order valence-corrected chi connectivity index (χ1v) is 9.77. The number of methoxy groups -OCH3 is 2. The Kier molecular flexibility index (Phi) is 4.54. The van der Waals surface area contributed by atoms with Crippen LogP contribution in [0.3, 0.4) is 0 Å². The van der Waals surface area contributed by atoms with Gasteiger partial charge in [0.1, 0.15) is 23.8 Å². The Morgan fingerprint density at radius 2 is 2.03 bits per heavy atom. The van der Waals surface area contributed by atoms with Gasteiger partial charge in [0.25, 0.3) is 0 Å². The topological polar surface area (TPSA) is 74.5 Å². The second kappa shape index (κ2) is 7.24. The molecule has 1 fully saturated rings. The molecule has 5 rings (SSSR count). The second-order valence-corrected chi connectivity index (χ2v) is 7.64. The van der Waals surface area contributed by atoms with Crippen LogP contribution in [0, 0.1) is 5.82 Å². The average molecular weight is 411 g/mol. The van der Waals surface area contributed by atoms with E-state index >= 15 is 0 Å². The highest BCUT2D eigenvalue weighted by Gasteiger charge is 2.49.